The largest absolute Gasteiger partial charge is 0.493 e. The summed E-state index contributed by atoms with van der Waals surface area (Å²) in [6.45, 7) is 0. The lowest BCUT2D eigenvalue weighted by Crippen LogP contribution is -2.05. The van der Waals surface area contributed by atoms with Gasteiger partial charge in [0.1, 0.15) is 18.1 Å². The van der Waals surface area contributed by atoms with Gasteiger partial charge in [0.25, 0.3) is 0 Å². The van der Waals surface area contributed by atoms with Crippen LogP contribution in [0.3, 0.4) is 0 Å². The lowest BCUT2D eigenvalue weighted by molar-refractivity contribution is 0.209. The van der Waals surface area contributed by atoms with Crippen molar-refractivity contribution in [2.45, 2.75) is 6.10 Å². The van der Waals surface area contributed by atoms with Crippen molar-refractivity contribution in [1.82, 2.24) is 9.97 Å². The number of hydrogen-bond donors (Lipinski definition) is 1. The second-order valence-electron chi connectivity index (χ2n) is 3.29. The highest BCUT2D eigenvalue weighted by atomic mass is 16.5. The number of aromatic nitrogens is 2. The first-order valence-electron chi connectivity index (χ1n) is 4.90. The first kappa shape index (κ1) is 10.6. The molecule has 0 aliphatic carbocycles. The van der Waals surface area contributed by atoms with Gasteiger partial charge in [-0.05, 0) is 5.56 Å². The summed E-state index contributed by atoms with van der Waals surface area (Å²) < 4.78 is 5.10. The number of rotatable bonds is 3. The Bertz CT molecular complexity index is 460. The van der Waals surface area contributed by atoms with Crippen molar-refractivity contribution >= 4 is 0 Å². The molecule has 0 saturated carbocycles. The Labute approximate surface area is 93.6 Å². The third-order valence-electron chi connectivity index (χ3n) is 2.30. The maximum atomic E-state index is 10.1. The Balaban J connectivity index is 2.37. The number of nitrogens with zero attached hydrogens (tertiary/aromatic N) is 2. The molecule has 1 aromatic carbocycles. The number of methoxy groups -OCH3 is 1. The molecule has 2 rings (SSSR count). The van der Waals surface area contributed by atoms with Crippen LogP contribution in [-0.4, -0.2) is 22.2 Å². The van der Waals surface area contributed by atoms with Crippen molar-refractivity contribution in [1.29, 1.82) is 0 Å². The molecule has 1 unspecified atom stereocenters. The van der Waals surface area contributed by atoms with Gasteiger partial charge in [-0.25, -0.2) is 9.97 Å². The van der Waals surface area contributed by atoms with Crippen LogP contribution in [0.5, 0.6) is 5.75 Å². The highest BCUT2D eigenvalue weighted by Gasteiger charge is 2.16. The zero-order valence-electron chi connectivity index (χ0n) is 8.87. The van der Waals surface area contributed by atoms with Crippen molar-refractivity contribution in [2.75, 3.05) is 7.11 Å². The van der Waals surface area contributed by atoms with Gasteiger partial charge in [-0.3, -0.25) is 0 Å². The zero-order valence-corrected chi connectivity index (χ0v) is 8.87. The van der Waals surface area contributed by atoms with Crippen LogP contribution < -0.4 is 4.74 Å². The molecule has 0 saturated heterocycles. The van der Waals surface area contributed by atoms with Crippen LogP contribution in [0.15, 0.2) is 42.9 Å². The second kappa shape index (κ2) is 4.72. The van der Waals surface area contributed by atoms with E-state index in [0.717, 1.165) is 5.56 Å². The predicted molar refractivity (Wildman–Crippen MR) is 59.1 cm³/mol. The van der Waals surface area contributed by atoms with Crippen LogP contribution >= 0.6 is 0 Å². The summed E-state index contributed by atoms with van der Waals surface area (Å²) in [6, 6.07) is 9.31. The zero-order chi connectivity index (χ0) is 11.4. The van der Waals surface area contributed by atoms with Gasteiger partial charge in [-0.2, -0.15) is 0 Å². The third-order valence-corrected chi connectivity index (χ3v) is 2.30. The van der Waals surface area contributed by atoms with Crippen LogP contribution in [0.1, 0.15) is 17.4 Å². The van der Waals surface area contributed by atoms with E-state index >= 15 is 0 Å². The minimum Gasteiger partial charge on any atom is -0.493 e. The Hall–Kier alpha value is -1.94. The smallest absolute Gasteiger partial charge is 0.161 e. The van der Waals surface area contributed by atoms with E-state index in [1.807, 2.05) is 30.3 Å². The van der Waals surface area contributed by atoms with Crippen LogP contribution in [0.25, 0.3) is 0 Å². The molecular weight excluding hydrogens is 204 g/mol. The Morgan fingerprint density at radius 3 is 2.69 bits per heavy atom. The summed E-state index contributed by atoms with van der Waals surface area (Å²) in [5.74, 6) is 0.485. The highest BCUT2D eigenvalue weighted by molar-refractivity contribution is 5.33. The van der Waals surface area contributed by atoms with Gasteiger partial charge in [-0.1, -0.05) is 30.3 Å². The summed E-state index contributed by atoms with van der Waals surface area (Å²) in [6.07, 6.45) is 2.14. The minimum absolute atomic E-state index is 0.476. The number of ether oxygens (including phenoxy) is 1. The average molecular weight is 216 g/mol. The molecule has 4 heteroatoms. The van der Waals surface area contributed by atoms with E-state index in [0.29, 0.717) is 11.4 Å². The fourth-order valence-electron chi connectivity index (χ4n) is 1.48. The summed E-state index contributed by atoms with van der Waals surface area (Å²) in [5, 5.41) is 10.1. The lowest BCUT2D eigenvalue weighted by atomic mass is 10.1. The molecule has 16 heavy (non-hydrogen) atoms. The number of benzene rings is 1. The monoisotopic (exact) mass is 216 g/mol. The number of aliphatic hydroxyl groups excluding tert-OH is 1. The maximum Gasteiger partial charge on any atom is 0.161 e. The van der Waals surface area contributed by atoms with Gasteiger partial charge < -0.3 is 9.84 Å². The van der Waals surface area contributed by atoms with E-state index in [-0.39, 0.29) is 0 Å². The van der Waals surface area contributed by atoms with Crippen molar-refractivity contribution in [3.8, 4) is 5.75 Å². The molecule has 2 aromatic rings. The molecular formula is C12H12N2O2. The molecule has 82 valence electrons. The SMILES string of the molecule is COc1cncnc1C(O)c1ccccc1. The molecule has 0 spiro atoms. The van der Waals surface area contributed by atoms with Gasteiger partial charge in [0.15, 0.2) is 5.75 Å². The number of hydrogen-bond acceptors (Lipinski definition) is 4. The van der Waals surface area contributed by atoms with Gasteiger partial charge in [0.05, 0.1) is 13.3 Å². The van der Waals surface area contributed by atoms with Crippen molar-refractivity contribution in [2.24, 2.45) is 0 Å². The molecule has 1 N–H and O–H groups in total. The second-order valence-corrected chi connectivity index (χ2v) is 3.29. The van der Waals surface area contributed by atoms with Crippen molar-refractivity contribution in [3.63, 3.8) is 0 Å². The lowest BCUT2D eigenvalue weighted by Gasteiger charge is -2.12. The van der Waals surface area contributed by atoms with Crippen LogP contribution in [0.4, 0.5) is 0 Å². The van der Waals surface area contributed by atoms with E-state index in [1.54, 1.807) is 0 Å². The summed E-state index contributed by atoms with van der Waals surface area (Å²) >= 11 is 0. The molecule has 4 nitrogen and oxygen atoms in total. The van der Waals surface area contributed by atoms with Crippen LogP contribution in [-0.2, 0) is 0 Å². The molecule has 0 aliphatic heterocycles. The fourth-order valence-corrected chi connectivity index (χ4v) is 1.48. The molecule has 0 fully saturated rings. The van der Waals surface area contributed by atoms with E-state index in [4.69, 9.17) is 4.74 Å². The van der Waals surface area contributed by atoms with Gasteiger partial charge in [0.2, 0.25) is 0 Å². The van der Waals surface area contributed by atoms with Crippen LogP contribution in [0.2, 0.25) is 0 Å². The predicted octanol–water partition coefficient (Wildman–Crippen LogP) is 1.57. The number of aliphatic hydroxyl groups is 1. The normalized spacial score (nSPS) is 12.1. The van der Waals surface area contributed by atoms with Crippen molar-refractivity contribution < 1.29 is 9.84 Å². The maximum absolute atomic E-state index is 10.1. The fraction of sp³-hybridized carbons (Fsp3) is 0.167. The van der Waals surface area contributed by atoms with E-state index in [2.05, 4.69) is 9.97 Å². The summed E-state index contributed by atoms with van der Waals surface area (Å²) in [4.78, 5) is 7.88. The molecule has 1 atom stereocenters. The molecule has 0 amide bonds. The average Bonchev–Trinajstić information content (AvgIpc) is 2.39. The Morgan fingerprint density at radius 1 is 1.25 bits per heavy atom. The highest BCUT2D eigenvalue weighted by Crippen LogP contribution is 2.26. The standard InChI is InChI=1S/C12H12N2O2/c1-16-10-7-13-8-14-11(10)12(15)9-5-3-2-4-6-9/h2-8,12,15H,1H3. The molecule has 0 bridgehead atoms. The minimum atomic E-state index is -0.792. The third kappa shape index (κ3) is 2.01. The summed E-state index contributed by atoms with van der Waals surface area (Å²) in [5.41, 5.74) is 1.25. The molecule has 1 aromatic heterocycles. The van der Waals surface area contributed by atoms with E-state index < -0.39 is 6.10 Å². The van der Waals surface area contributed by atoms with Gasteiger partial charge >= 0.3 is 0 Å². The van der Waals surface area contributed by atoms with Gasteiger partial charge in [0, 0.05) is 0 Å². The first-order valence-corrected chi connectivity index (χ1v) is 4.90. The topological polar surface area (TPSA) is 55.2 Å². The molecule has 0 radical (unpaired) electrons. The molecule has 1 heterocycles. The summed E-state index contributed by atoms with van der Waals surface area (Å²) in [7, 11) is 1.53. The van der Waals surface area contributed by atoms with E-state index in [1.165, 1.54) is 19.6 Å². The molecule has 0 aliphatic rings. The van der Waals surface area contributed by atoms with Crippen LogP contribution in [0, 0.1) is 0 Å². The van der Waals surface area contributed by atoms with E-state index in [9.17, 15) is 5.11 Å². The van der Waals surface area contributed by atoms with Gasteiger partial charge in [-0.15, -0.1) is 0 Å². The van der Waals surface area contributed by atoms with Crippen molar-refractivity contribution in [3.05, 3.63) is 54.1 Å². The Morgan fingerprint density at radius 2 is 2.00 bits per heavy atom. The first-order chi connectivity index (χ1) is 7.83. The Kier molecular flexibility index (Phi) is 3.12. The quantitative estimate of drug-likeness (QED) is 0.846.